The SMILES string of the molecule is COc1cc(S(=O)(=O)CCN(CCO)CCO)c(OC)cc1N=Nc1c(NCCOCCO)nc(Nc2ccccc2)c(N)c1C. The molecule has 0 aliphatic carbocycles. The first kappa shape index (κ1) is 36.4. The highest BCUT2D eigenvalue weighted by Crippen LogP contribution is 2.41. The zero-order chi connectivity index (χ0) is 33.5. The quantitative estimate of drug-likeness (QED) is 0.0760. The molecule has 0 spiro atoms. The molecule has 0 bridgehead atoms. The molecule has 46 heavy (non-hydrogen) atoms. The van der Waals surface area contributed by atoms with Crippen LogP contribution < -0.4 is 25.8 Å². The number of nitrogen functional groups attached to an aromatic ring is 1. The second kappa shape index (κ2) is 18.2. The number of rotatable bonds is 20. The van der Waals surface area contributed by atoms with E-state index in [2.05, 4.69) is 25.8 Å². The van der Waals surface area contributed by atoms with Gasteiger partial charge in [-0.25, -0.2) is 13.4 Å². The van der Waals surface area contributed by atoms with E-state index in [1.807, 2.05) is 30.3 Å². The van der Waals surface area contributed by atoms with Gasteiger partial charge in [0, 0.05) is 49.6 Å². The lowest BCUT2D eigenvalue weighted by Gasteiger charge is -2.20. The molecule has 0 fully saturated rings. The van der Waals surface area contributed by atoms with Gasteiger partial charge in [0.15, 0.2) is 21.5 Å². The minimum absolute atomic E-state index is 0.0433. The summed E-state index contributed by atoms with van der Waals surface area (Å²) in [4.78, 5) is 6.22. The highest BCUT2D eigenvalue weighted by Gasteiger charge is 2.24. The van der Waals surface area contributed by atoms with E-state index < -0.39 is 9.84 Å². The van der Waals surface area contributed by atoms with E-state index in [4.69, 9.17) is 25.1 Å². The number of aromatic nitrogens is 1. The fourth-order valence-corrected chi connectivity index (χ4v) is 5.83. The largest absolute Gasteiger partial charge is 0.495 e. The molecule has 3 rings (SSSR count). The number of hydrogen-bond acceptors (Lipinski definition) is 15. The van der Waals surface area contributed by atoms with Gasteiger partial charge in [0.1, 0.15) is 27.8 Å². The van der Waals surface area contributed by atoms with E-state index in [1.165, 1.54) is 26.4 Å². The van der Waals surface area contributed by atoms with Crippen molar-refractivity contribution in [3.63, 3.8) is 0 Å². The van der Waals surface area contributed by atoms with Crippen molar-refractivity contribution in [2.24, 2.45) is 10.2 Å². The molecule has 3 aromatic rings. The minimum atomic E-state index is -3.87. The van der Waals surface area contributed by atoms with E-state index >= 15 is 0 Å². The normalized spacial score (nSPS) is 11.7. The van der Waals surface area contributed by atoms with Crippen molar-refractivity contribution < 1.29 is 37.9 Å². The van der Waals surface area contributed by atoms with Crippen molar-refractivity contribution in [2.75, 3.05) is 95.6 Å². The molecule has 0 saturated carbocycles. The number of hydrogen-bond donors (Lipinski definition) is 6. The number of nitrogens with zero attached hydrogens (tertiary/aromatic N) is 4. The fraction of sp³-hybridized carbons (Fsp3) is 0.433. The number of nitrogens with one attached hydrogen (secondary N) is 2. The van der Waals surface area contributed by atoms with Crippen LogP contribution >= 0.6 is 0 Å². The molecule has 0 aliphatic rings. The molecule has 252 valence electrons. The Hall–Kier alpha value is -4.06. The first-order chi connectivity index (χ1) is 22.2. The minimum Gasteiger partial charge on any atom is -0.495 e. The zero-order valence-electron chi connectivity index (χ0n) is 26.3. The van der Waals surface area contributed by atoms with Crippen molar-refractivity contribution in [1.29, 1.82) is 0 Å². The number of ether oxygens (including phenoxy) is 3. The van der Waals surface area contributed by atoms with Gasteiger partial charge in [0.2, 0.25) is 0 Å². The smallest absolute Gasteiger partial charge is 0.183 e. The van der Waals surface area contributed by atoms with E-state index in [0.29, 0.717) is 41.7 Å². The molecule has 0 aliphatic heterocycles. The van der Waals surface area contributed by atoms with Crippen LogP contribution in [0.4, 0.5) is 34.4 Å². The molecule has 0 radical (unpaired) electrons. The van der Waals surface area contributed by atoms with Crippen LogP contribution in [0.15, 0.2) is 57.6 Å². The van der Waals surface area contributed by atoms with Crippen LogP contribution in [0, 0.1) is 6.92 Å². The summed E-state index contributed by atoms with van der Waals surface area (Å²) in [5.41, 5.74) is 8.72. The summed E-state index contributed by atoms with van der Waals surface area (Å²) in [6, 6.07) is 12.2. The lowest BCUT2D eigenvalue weighted by atomic mass is 10.2. The number of para-hydroxylation sites is 1. The van der Waals surface area contributed by atoms with Crippen LogP contribution in [-0.4, -0.2) is 113 Å². The van der Waals surface area contributed by atoms with Crippen molar-refractivity contribution >= 4 is 44.2 Å². The summed E-state index contributed by atoms with van der Waals surface area (Å²) in [5, 5.41) is 42.7. The van der Waals surface area contributed by atoms with Gasteiger partial charge < -0.3 is 45.9 Å². The highest BCUT2D eigenvalue weighted by atomic mass is 32.2. The summed E-state index contributed by atoms with van der Waals surface area (Å²) >= 11 is 0. The van der Waals surface area contributed by atoms with Crippen molar-refractivity contribution in [1.82, 2.24) is 9.88 Å². The molecular formula is C30H43N7O8S. The van der Waals surface area contributed by atoms with Gasteiger partial charge in [-0.3, -0.25) is 4.90 Å². The molecule has 2 aromatic carbocycles. The zero-order valence-corrected chi connectivity index (χ0v) is 27.1. The van der Waals surface area contributed by atoms with Gasteiger partial charge in [-0.1, -0.05) is 18.2 Å². The Morgan fingerprint density at radius 3 is 2.24 bits per heavy atom. The Balaban J connectivity index is 1.98. The Morgan fingerprint density at radius 2 is 1.61 bits per heavy atom. The molecule has 7 N–H and O–H groups in total. The molecule has 15 nitrogen and oxygen atoms in total. The van der Waals surface area contributed by atoms with Crippen molar-refractivity contribution in [3.8, 4) is 11.5 Å². The van der Waals surface area contributed by atoms with Gasteiger partial charge in [-0.15, -0.1) is 10.2 Å². The second-order valence-corrected chi connectivity index (χ2v) is 12.0. The van der Waals surface area contributed by atoms with Crippen LogP contribution in [0.5, 0.6) is 11.5 Å². The summed E-state index contributed by atoms with van der Waals surface area (Å²) in [5.74, 6) is 0.673. The van der Waals surface area contributed by atoms with Crippen LogP contribution in [-0.2, 0) is 14.6 Å². The summed E-state index contributed by atoms with van der Waals surface area (Å²) in [7, 11) is -1.14. The van der Waals surface area contributed by atoms with Crippen LogP contribution in [0.25, 0.3) is 0 Å². The highest BCUT2D eigenvalue weighted by molar-refractivity contribution is 7.91. The monoisotopic (exact) mass is 661 g/mol. The second-order valence-electron chi connectivity index (χ2n) is 9.93. The van der Waals surface area contributed by atoms with E-state index in [1.54, 1.807) is 11.8 Å². The molecule has 0 atom stereocenters. The van der Waals surface area contributed by atoms with Gasteiger partial charge >= 0.3 is 0 Å². The number of aliphatic hydroxyl groups is 3. The number of methoxy groups -OCH3 is 2. The maximum atomic E-state index is 13.3. The summed E-state index contributed by atoms with van der Waals surface area (Å²) < 4.78 is 43.0. The topological polar surface area (TPSA) is 213 Å². The number of aliphatic hydroxyl groups excluding tert-OH is 3. The van der Waals surface area contributed by atoms with E-state index in [9.17, 15) is 18.6 Å². The predicted octanol–water partition coefficient (Wildman–Crippen LogP) is 2.63. The standard InChI is InChI=1S/C30H43N7O8S/c1-21-27(31)29(33-22-7-5-4-6-8-22)34-30(32-9-16-45-17-15-40)28(21)36-35-23-19-25(44-3)26(20-24(23)43-2)46(41,42)18-12-37(10-13-38)11-14-39/h4-8,19-20,38-40H,9-18,31H2,1-3H3,(H2,32,33,34). The molecule has 0 saturated heterocycles. The third-order valence-corrected chi connectivity index (χ3v) is 8.55. The van der Waals surface area contributed by atoms with E-state index in [0.717, 1.165) is 5.69 Å². The van der Waals surface area contributed by atoms with Gasteiger partial charge in [-0.05, 0) is 19.1 Å². The lowest BCUT2D eigenvalue weighted by molar-refractivity contribution is 0.0992. The van der Waals surface area contributed by atoms with Crippen LogP contribution in [0.1, 0.15) is 5.56 Å². The number of sulfone groups is 1. The van der Waals surface area contributed by atoms with Crippen molar-refractivity contribution in [2.45, 2.75) is 11.8 Å². The predicted molar refractivity (Wildman–Crippen MR) is 176 cm³/mol. The molecule has 1 heterocycles. The Labute approximate surface area is 269 Å². The Bertz CT molecular complexity index is 1540. The number of pyridine rings is 1. The average molecular weight is 662 g/mol. The van der Waals surface area contributed by atoms with Crippen LogP contribution in [0.3, 0.4) is 0 Å². The molecular weight excluding hydrogens is 618 g/mol. The summed E-state index contributed by atoms with van der Waals surface area (Å²) in [6.07, 6.45) is 0. The average Bonchev–Trinajstić information content (AvgIpc) is 3.05. The fourth-order valence-electron chi connectivity index (χ4n) is 4.37. The lowest BCUT2D eigenvalue weighted by Crippen LogP contribution is -2.34. The molecule has 0 unspecified atom stereocenters. The van der Waals surface area contributed by atoms with E-state index in [-0.39, 0.29) is 73.9 Å². The number of anilines is 4. The van der Waals surface area contributed by atoms with Gasteiger partial charge in [0.05, 0.1) is 58.7 Å². The molecule has 16 heteroatoms. The molecule has 1 aromatic heterocycles. The van der Waals surface area contributed by atoms with Crippen molar-refractivity contribution in [3.05, 3.63) is 48.0 Å². The third kappa shape index (κ3) is 9.97. The number of benzene rings is 2. The third-order valence-electron chi connectivity index (χ3n) is 6.84. The Morgan fingerprint density at radius 1 is 0.913 bits per heavy atom. The molecule has 0 amide bonds. The maximum absolute atomic E-state index is 13.3. The Kier molecular flexibility index (Phi) is 14.4. The first-order valence-corrected chi connectivity index (χ1v) is 16.2. The number of nitrogens with two attached hydrogens (primary N) is 1. The first-order valence-electron chi connectivity index (χ1n) is 14.6. The van der Waals surface area contributed by atoms with Crippen LogP contribution in [0.2, 0.25) is 0 Å². The van der Waals surface area contributed by atoms with Gasteiger partial charge in [0.25, 0.3) is 0 Å². The maximum Gasteiger partial charge on any atom is 0.183 e. The summed E-state index contributed by atoms with van der Waals surface area (Å²) in [6.45, 7) is 2.73. The van der Waals surface area contributed by atoms with Gasteiger partial charge in [-0.2, -0.15) is 0 Å². The number of azo groups is 1.